The summed E-state index contributed by atoms with van der Waals surface area (Å²) in [5.74, 6) is 1.60. The van der Waals surface area contributed by atoms with E-state index in [-0.39, 0.29) is 11.5 Å². The zero-order chi connectivity index (χ0) is 22.9. The third-order valence-corrected chi connectivity index (χ3v) is 6.12. The lowest BCUT2D eigenvalue weighted by Crippen LogP contribution is -2.38. The van der Waals surface area contributed by atoms with Gasteiger partial charge in [-0.1, -0.05) is 29.8 Å². The summed E-state index contributed by atoms with van der Waals surface area (Å²) in [6, 6.07) is 18.3. The van der Waals surface area contributed by atoms with Crippen LogP contribution in [0.25, 0.3) is 0 Å². The Kier molecular flexibility index (Phi) is 5.58. The van der Waals surface area contributed by atoms with Crippen molar-refractivity contribution in [1.29, 1.82) is 0 Å². The van der Waals surface area contributed by atoms with Gasteiger partial charge < -0.3 is 14.5 Å². The largest absolute Gasteiger partial charge is 0.454 e. The molecule has 2 aliphatic rings. The van der Waals surface area contributed by atoms with Crippen LogP contribution in [0.2, 0.25) is 0 Å². The first-order chi connectivity index (χ1) is 16.0. The number of rotatable bonds is 1. The van der Waals surface area contributed by atoms with E-state index in [0.717, 1.165) is 52.7 Å². The fraction of sp³-hybridized carbons (Fsp3) is 0.259. The summed E-state index contributed by atoms with van der Waals surface area (Å²) in [5.41, 5.74) is 4.08. The van der Waals surface area contributed by atoms with Crippen molar-refractivity contribution in [3.05, 3.63) is 88.7 Å². The molecular formula is C27H26FN3O2. The maximum absolute atomic E-state index is 14.2. The Balaban J connectivity index is 1.47. The van der Waals surface area contributed by atoms with Crippen LogP contribution in [0.4, 0.5) is 10.1 Å². The van der Waals surface area contributed by atoms with Gasteiger partial charge in [-0.2, -0.15) is 0 Å². The number of ether oxygens (including phenoxy) is 1. The average Bonchev–Trinajstić information content (AvgIpc) is 3.13. The van der Waals surface area contributed by atoms with Crippen molar-refractivity contribution in [2.24, 2.45) is 4.99 Å². The van der Waals surface area contributed by atoms with Gasteiger partial charge in [0, 0.05) is 26.2 Å². The molecule has 3 aromatic carbocycles. The number of aryl methyl sites for hydroxylation is 2. The van der Waals surface area contributed by atoms with Crippen molar-refractivity contribution in [3.8, 4) is 11.5 Å². The molecule has 5 rings (SSSR count). The fourth-order valence-electron chi connectivity index (χ4n) is 4.37. The Bertz CT molecular complexity index is 1250. The predicted octanol–water partition coefficient (Wildman–Crippen LogP) is 5.47. The lowest BCUT2D eigenvalue weighted by molar-refractivity contribution is 0.0759. The van der Waals surface area contributed by atoms with Gasteiger partial charge in [0.2, 0.25) is 0 Å². The van der Waals surface area contributed by atoms with E-state index < -0.39 is 5.82 Å². The van der Waals surface area contributed by atoms with E-state index >= 15 is 0 Å². The third kappa shape index (κ3) is 4.21. The Hall–Kier alpha value is -3.67. The molecule has 0 N–H and O–H groups in total. The van der Waals surface area contributed by atoms with Crippen LogP contribution in [0.5, 0.6) is 11.5 Å². The van der Waals surface area contributed by atoms with Crippen molar-refractivity contribution in [1.82, 2.24) is 9.80 Å². The molecule has 0 unspecified atom stereocenters. The van der Waals surface area contributed by atoms with Crippen LogP contribution in [0.15, 0.2) is 65.7 Å². The van der Waals surface area contributed by atoms with E-state index in [1.54, 1.807) is 23.1 Å². The minimum Gasteiger partial charge on any atom is -0.454 e. The standard InChI is InChI=1S/C27H26FN3O2/c1-18-9-11-24-21(16-18)26(29-23-10-8-19(2)17-25(23)33-24)30-12-5-13-31(15-14-30)27(32)20-6-3-4-7-22(20)28/h3-4,6-11,16-17H,5,12-15H2,1-2H3. The first-order valence-electron chi connectivity index (χ1n) is 11.3. The molecule has 1 fully saturated rings. The Morgan fingerprint density at radius 1 is 0.909 bits per heavy atom. The second kappa shape index (κ2) is 8.70. The minimum absolute atomic E-state index is 0.122. The molecule has 0 saturated carbocycles. The minimum atomic E-state index is -0.481. The number of amides is 1. The summed E-state index contributed by atoms with van der Waals surface area (Å²) >= 11 is 0. The molecule has 2 aliphatic heterocycles. The predicted molar refractivity (Wildman–Crippen MR) is 127 cm³/mol. The highest BCUT2D eigenvalue weighted by atomic mass is 19.1. The zero-order valence-electron chi connectivity index (χ0n) is 18.8. The van der Waals surface area contributed by atoms with E-state index in [9.17, 15) is 9.18 Å². The molecule has 5 nitrogen and oxygen atoms in total. The van der Waals surface area contributed by atoms with Gasteiger partial charge in [-0.3, -0.25) is 4.79 Å². The molecule has 0 bridgehead atoms. The lowest BCUT2D eigenvalue weighted by Gasteiger charge is -2.25. The van der Waals surface area contributed by atoms with Crippen LogP contribution in [0.1, 0.15) is 33.5 Å². The van der Waals surface area contributed by atoms with Gasteiger partial charge in [0.05, 0.1) is 11.1 Å². The first-order valence-corrected chi connectivity index (χ1v) is 11.3. The van der Waals surface area contributed by atoms with Crippen LogP contribution in [0.3, 0.4) is 0 Å². The number of hydrogen-bond acceptors (Lipinski definition) is 4. The van der Waals surface area contributed by atoms with Crippen LogP contribution in [-0.4, -0.2) is 47.7 Å². The zero-order valence-corrected chi connectivity index (χ0v) is 18.8. The van der Waals surface area contributed by atoms with Gasteiger partial charge in [-0.25, -0.2) is 9.38 Å². The molecule has 33 heavy (non-hydrogen) atoms. The smallest absolute Gasteiger partial charge is 0.256 e. The summed E-state index contributed by atoms with van der Waals surface area (Å²) in [5, 5.41) is 0. The number of fused-ring (bicyclic) bond motifs is 2. The maximum atomic E-state index is 14.2. The van der Waals surface area contributed by atoms with Crippen molar-refractivity contribution in [3.63, 3.8) is 0 Å². The van der Waals surface area contributed by atoms with Gasteiger partial charge in [-0.05, 0) is 62.2 Å². The molecule has 0 aliphatic carbocycles. The van der Waals surface area contributed by atoms with Crippen molar-refractivity contribution >= 4 is 17.4 Å². The highest BCUT2D eigenvalue weighted by Gasteiger charge is 2.27. The second-order valence-corrected chi connectivity index (χ2v) is 8.62. The van der Waals surface area contributed by atoms with E-state index in [1.165, 1.54) is 6.07 Å². The van der Waals surface area contributed by atoms with E-state index in [0.29, 0.717) is 19.6 Å². The number of carbonyl (C=O) groups is 1. The number of carbonyl (C=O) groups excluding carboxylic acids is 1. The normalized spacial score (nSPS) is 15.5. The lowest BCUT2D eigenvalue weighted by atomic mass is 10.1. The van der Waals surface area contributed by atoms with Gasteiger partial charge in [0.15, 0.2) is 5.75 Å². The van der Waals surface area contributed by atoms with E-state index in [1.807, 2.05) is 37.3 Å². The Labute approximate surface area is 193 Å². The number of aliphatic imine (C=N–C) groups is 1. The van der Waals surface area contributed by atoms with Gasteiger partial charge in [0.25, 0.3) is 5.91 Å². The van der Waals surface area contributed by atoms with Gasteiger partial charge in [-0.15, -0.1) is 0 Å². The highest BCUT2D eigenvalue weighted by molar-refractivity contribution is 6.04. The monoisotopic (exact) mass is 443 g/mol. The molecule has 0 aromatic heterocycles. The quantitative estimate of drug-likeness (QED) is 0.501. The molecule has 1 saturated heterocycles. The Morgan fingerprint density at radius 2 is 1.70 bits per heavy atom. The topological polar surface area (TPSA) is 45.1 Å². The van der Waals surface area contributed by atoms with Crippen molar-refractivity contribution < 1.29 is 13.9 Å². The van der Waals surface area contributed by atoms with Crippen LogP contribution in [-0.2, 0) is 0 Å². The number of benzene rings is 3. The summed E-state index contributed by atoms with van der Waals surface area (Å²) in [6.45, 7) is 6.50. The molecule has 1 amide bonds. The molecule has 2 heterocycles. The molecule has 6 heteroatoms. The fourth-order valence-corrected chi connectivity index (χ4v) is 4.37. The van der Waals surface area contributed by atoms with Crippen LogP contribution < -0.4 is 4.74 Å². The summed E-state index contributed by atoms with van der Waals surface area (Å²) in [7, 11) is 0. The van der Waals surface area contributed by atoms with Crippen LogP contribution >= 0.6 is 0 Å². The molecule has 0 spiro atoms. The summed E-state index contributed by atoms with van der Waals surface area (Å²) in [4.78, 5) is 21.9. The van der Waals surface area contributed by atoms with Crippen molar-refractivity contribution in [2.75, 3.05) is 26.2 Å². The summed E-state index contributed by atoms with van der Waals surface area (Å²) < 4.78 is 20.5. The SMILES string of the molecule is Cc1ccc2c(c1)Oc1ccc(C)cc1C(N1CCCN(C(=O)c3ccccc3F)CC1)=N2. The number of amidine groups is 1. The Morgan fingerprint density at radius 3 is 2.55 bits per heavy atom. The molecule has 0 radical (unpaired) electrons. The van der Waals surface area contributed by atoms with Crippen molar-refractivity contribution in [2.45, 2.75) is 20.3 Å². The average molecular weight is 444 g/mol. The molecule has 0 atom stereocenters. The number of hydrogen-bond donors (Lipinski definition) is 0. The van der Waals surface area contributed by atoms with E-state index in [4.69, 9.17) is 9.73 Å². The molecule has 3 aromatic rings. The van der Waals surface area contributed by atoms with E-state index in [2.05, 4.69) is 17.9 Å². The third-order valence-electron chi connectivity index (χ3n) is 6.12. The highest BCUT2D eigenvalue weighted by Crippen LogP contribution is 2.39. The van der Waals surface area contributed by atoms with Gasteiger partial charge in [0.1, 0.15) is 23.1 Å². The first kappa shape index (κ1) is 21.2. The summed E-state index contributed by atoms with van der Waals surface area (Å²) in [6.07, 6.45) is 0.766. The second-order valence-electron chi connectivity index (χ2n) is 8.62. The number of halogens is 1. The maximum Gasteiger partial charge on any atom is 0.256 e. The van der Waals surface area contributed by atoms with Crippen LogP contribution in [0, 0.1) is 19.7 Å². The molecular weight excluding hydrogens is 417 g/mol. The molecule has 168 valence electrons. The van der Waals surface area contributed by atoms with Gasteiger partial charge >= 0.3 is 0 Å². The number of nitrogens with zero attached hydrogens (tertiary/aromatic N) is 3.